The third-order valence-corrected chi connectivity index (χ3v) is 3.69. The van der Waals surface area contributed by atoms with Gasteiger partial charge in [-0.1, -0.05) is 0 Å². The second kappa shape index (κ2) is 5.19. The first-order chi connectivity index (χ1) is 9.26. The molecule has 3 rings (SSSR count). The lowest BCUT2D eigenvalue weighted by Crippen LogP contribution is -2.28. The summed E-state index contributed by atoms with van der Waals surface area (Å²) >= 11 is 0. The maximum absolute atomic E-state index is 12.2. The topological polar surface area (TPSA) is 59.0 Å². The number of benzene rings is 1. The third kappa shape index (κ3) is 2.57. The first-order valence-corrected chi connectivity index (χ1v) is 6.52. The van der Waals surface area contributed by atoms with Crippen LogP contribution in [0.5, 0.6) is 11.5 Å². The summed E-state index contributed by atoms with van der Waals surface area (Å²) in [6.07, 6.45) is 0.963. The van der Waals surface area contributed by atoms with Gasteiger partial charge in [-0.15, -0.1) is 0 Å². The Hall–Kier alpha value is -1.59. The molecule has 1 fully saturated rings. The van der Waals surface area contributed by atoms with E-state index in [1.54, 1.807) is 18.2 Å². The van der Waals surface area contributed by atoms with E-state index in [2.05, 4.69) is 4.90 Å². The number of Topliss-reactive ketones (excluding diaryl/α,β-unsaturated/α-hetero) is 1. The molecule has 1 N–H and O–H groups in total. The van der Waals surface area contributed by atoms with Crippen molar-refractivity contribution in [3.05, 3.63) is 23.8 Å². The highest BCUT2D eigenvalue weighted by Crippen LogP contribution is 2.32. The van der Waals surface area contributed by atoms with E-state index in [9.17, 15) is 4.79 Å². The van der Waals surface area contributed by atoms with Crippen LogP contribution in [0.1, 0.15) is 16.8 Å². The maximum atomic E-state index is 12.2. The summed E-state index contributed by atoms with van der Waals surface area (Å²) in [5, 5.41) is 9.10. The number of fused-ring (bicyclic) bond motifs is 1. The summed E-state index contributed by atoms with van der Waals surface area (Å²) in [7, 11) is 0. The van der Waals surface area contributed by atoms with E-state index in [0.29, 0.717) is 29.5 Å². The standard InChI is InChI=1S/C14H17NO4/c16-8-10-3-4-15(6-10)7-12(17)11-1-2-13-14(5-11)19-9-18-13/h1-2,5,10,16H,3-4,6-9H2. The fraction of sp³-hybridized carbons (Fsp3) is 0.500. The monoisotopic (exact) mass is 263 g/mol. The molecule has 5 nitrogen and oxygen atoms in total. The molecule has 2 aliphatic heterocycles. The number of hydrogen-bond donors (Lipinski definition) is 1. The zero-order chi connectivity index (χ0) is 13.2. The maximum Gasteiger partial charge on any atom is 0.231 e. The molecular formula is C14H17NO4. The van der Waals surface area contributed by atoms with E-state index >= 15 is 0 Å². The Morgan fingerprint density at radius 3 is 3.00 bits per heavy atom. The lowest BCUT2D eigenvalue weighted by molar-refractivity contribution is 0.0940. The van der Waals surface area contributed by atoms with Crippen LogP contribution in [0, 0.1) is 5.92 Å². The van der Waals surface area contributed by atoms with Crippen molar-refractivity contribution in [3.63, 3.8) is 0 Å². The highest BCUT2D eigenvalue weighted by Gasteiger charge is 2.24. The fourth-order valence-corrected chi connectivity index (χ4v) is 2.57. The molecular weight excluding hydrogens is 246 g/mol. The van der Waals surface area contributed by atoms with Gasteiger partial charge in [-0.2, -0.15) is 0 Å². The molecule has 0 saturated carbocycles. The number of likely N-dealkylation sites (tertiary alicyclic amines) is 1. The van der Waals surface area contributed by atoms with E-state index in [-0.39, 0.29) is 19.2 Å². The van der Waals surface area contributed by atoms with Crippen LogP contribution in [0.15, 0.2) is 18.2 Å². The second-order valence-electron chi connectivity index (χ2n) is 5.06. The van der Waals surface area contributed by atoms with Crippen molar-refractivity contribution in [1.82, 2.24) is 4.90 Å². The van der Waals surface area contributed by atoms with Gasteiger partial charge in [0.2, 0.25) is 6.79 Å². The molecule has 2 aliphatic rings. The van der Waals surface area contributed by atoms with E-state index in [1.807, 2.05) is 0 Å². The summed E-state index contributed by atoms with van der Waals surface area (Å²) in [5.41, 5.74) is 0.650. The number of ketones is 1. The zero-order valence-electron chi connectivity index (χ0n) is 10.7. The summed E-state index contributed by atoms with van der Waals surface area (Å²) in [6.45, 7) is 2.50. The van der Waals surface area contributed by atoms with Gasteiger partial charge in [0, 0.05) is 18.7 Å². The molecule has 102 valence electrons. The van der Waals surface area contributed by atoms with Gasteiger partial charge < -0.3 is 14.6 Å². The number of nitrogens with zero attached hydrogens (tertiary/aromatic N) is 1. The van der Waals surface area contributed by atoms with Gasteiger partial charge in [0.1, 0.15) is 0 Å². The molecule has 1 unspecified atom stereocenters. The molecule has 0 spiro atoms. The molecule has 5 heteroatoms. The number of aliphatic hydroxyl groups is 1. The summed E-state index contributed by atoms with van der Waals surface area (Å²) in [4.78, 5) is 14.3. The minimum Gasteiger partial charge on any atom is -0.454 e. The molecule has 1 aromatic carbocycles. The molecule has 0 aliphatic carbocycles. The SMILES string of the molecule is O=C(CN1CCC(CO)C1)c1ccc2c(c1)OCO2. The van der Waals surface area contributed by atoms with E-state index in [1.165, 1.54) is 0 Å². The number of ether oxygens (including phenoxy) is 2. The molecule has 1 saturated heterocycles. The summed E-state index contributed by atoms with van der Waals surface area (Å²) < 4.78 is 10.5. The predicted molar refractivity (Wildman–Crippen MR) is 68.5 cm³/mol. The largest absolute Gasteiger partial charge is 0.454 e. The van der Waals surface area contributed by atoms with Gasteiger partial charge in [-0.25, -0.2) is 0 Å². The van der Waals surface area contributed by atoms with Crippen LogP contribution in [-0.4, -0.2) is 48.8 Å². The lowest BCUT2D eigenvalue weighted by atomic mass is 10.1. The number of carbonyl (C=O) groups excluding carboxylic acids is 1. The van der Waals surface area contributed by atoms with Crippen molar-refractivity contribution in [1.29, 1.82) is 0 Å². The molecule has 1 aromatic rings. The molecule has 2 heterocycles. The van der Waals surface area contributed by atoms with Crippen LogP contribution in [0.3, 0.4) is 0 Å². The smallest absolute Gasteiger partial charge is 0.231 e. The highest BCUT2D eigenvalue weighted by molar-refractivity contribution is 5.98. The van der Waals surface area contributed by atoms with Gasteiger partial charge >= 0.3 is 0 Å². The van der Waals surface area contributed by atoms with Crippen molar-refractivity contribution in [2.75, 3.05) is 33.0 Å². The van der Waals surface area contributed by atoms with Crippen molar-refractivity contribution >= 4 is 5.78 Å². The van der Waals surface area contributed by atoms with Crippen LogP contribution in [-0.2, 0) is 0 Å². The minimum absolute atomic E-state index is 0.0805. The van der Waals surface area contributed by atoms with E-state index in [4.69, 9.17) is 14.6 Å². The number of rotatable bonds is 4. The first kappa shape index (κ1) is 12.4. The minimum atomic E-state index is 0.0805. The Kier molecular flexibility index (Phi) is 3.40. The van der Waals surface area contributed by atoms with Gasteiger partial charge in [-0.3, -0.25) is 9.69 Å². The molecule has 0 aromatic heterocycles. The highest BCUT2D eigenvalue weighted by atomic mass is 16.7. The molecule has 0 radical (unpaired) electrons. The summed E-state index contributed by atoms with van der Waals surface area (Å²) in [6, 6.07) is 5.29. The Morgan fingerprint density at radius 1 is 1.37 bits per heavy atom. The third-order valence-electron chi connectivity index (χ3n) is 3.69. The Labute approximate surface area is 111 Å². The van der Waals surface area contributed by atoms with Crippen LogP contribution >= 0.6 is 0 Å². The molecule has 0 amide bonds. The van der Waals surface area contributed by atoms with Gasteiger partial charge in [-0.05, 0) is 37.1 Å². The van der Waals surface area contributed by atoms with Crippen molar-refractivity contribution < 1.29 is 19.4 Å². The Balaban J connectivity index is 1.64. The van der Waals surface area contributed by atoms with Crippen LogP contribution in [0.2, 0.25) is 0 Å². The van der Waals surface area contributed by atoms with Gasteiger partial charge in [0.05, 0.1) is 6.54 Å². The zero-order valence-corrected chi connectivity index (χ0v) is 10.7. The number of aliphatic hydroxyl groups excluding tert-OH is 1. The summed E-state index contributed by atoms with van der Waals surface area (Å²) in [5.74, 6) is 1.72. The predicted octanol–water partition coefficient (Wildman–Crippen LogP) is 0.912. The second-order valence-corrected chi connectivity index (χ2v) is 5.06. The van der Waals surface area contributed by atoms with Crippen LogP contribution < -0.4 is 9.47 Å². The molecule has 1 atom stereocenters. The normalized spacial score (nSPS) is 21.8. The van der Waals surface area contributed by atoms with Crippen molar-refractivity contribution in [2.24, 2.45) is 5.92 Å². The Bertz CT molecular complexity index is 488. The number of carbonyl (C=O) groups is 1. The average Bonchev–Trinajstić information content (AvgIpc) is 3.05. The quantitative estimate of drug-likeness (QED) is 0.818. The van der Waals surface area contributed by atoms with Gasteiger partial charge in [0.25, 0.3) is 0 Å². The molecule has 0 bridgehead atoms. The Morgan fingerprint density at radius 2 is 2.21 bits per heavy atom. The number of hydrogen-bond acceptors (Lipinski definition) is 5. The van der Waals surface area contributed by atoms with Crippen molar-refractivity contribution in [2.45, 2.75) is 6.42 Å². The fourth-order valence-electron chi connectivity index (χ4n) is 2.57. The van der Waals surface area contributed by atoms with Gasteiger partial charge in [0.15, 0.2) is 17.3 Å². The molecule has 19 heavy (non-hydrogen) atoms. The first-order valence-electron chi connectivity index (χ1n) is 6.52. The van der Waals surface area contributed by atoms with E-state index in [0.717, 1.165) is 19.5 Å². The van der Waals surface area contributed by atoms with Crippen molar-refractivity contribution in [3.8, 4) is 11.5 Å². The average molecular weight is 263 g/mol. The van der Waals surface area contributed by atoms with Crippen LogP contribution in [0.25, 0.3) is 0 Å². The lowest BCUT2D eigenvalue weighted by Gasteiger charge is -2.14. The van der Waals surface area contributed by atoms with E-state index < -0.39 is 0 Å². The van der Waals surface area contributed by atoms with Crippen LogP contribution in [0.4, 0.5) is 0 Å².